The molecule has 0 unspecified atom stereocenters. The molecule has 0 aliphatic rings. The average molecular weight is 212 g/mol. The van der Waals surface area contributed by atoms with Crippen LogP contribution in [0.4, 0.5) is 13.2 Å². The molecule has 2 nitrogen and oxygen atoms in total. The minimum absolute atomic E-state index is 0.000000000000000444. The van der Waals surface area contributed by atoms with Crippen LogP contribution in [0.25, 0.3) is 0 Å². The van der Waals surface area contributed by atoms with Crippen LogP contribution in [0.2, 0.25) is 0 Å². The van der Waals surface area contributed by atoms with Crippen molar-refractivity contribution in [3.8, 4) is 0 Å². The van der Waals surface area contributed by atoms with Crippen LogP contribution in [-0.4, -0.2) is 6.18 Å². The summed E-state index contributed by atoms with van der Waals surface area (Å²) in [6.07, 6.45) is -4.31. The molecule has 0 amide bonds. The third kappa shape index (κ3) is 4.12. The van der Waals surface area contributed by atoms with E-state index in [0.29, 0.717) is 0 Å². The fourth-order valence-electron chi connectivity index (χ4n) is 0.634. The van der Waals surface area contributed by atoms with Crippen molar-refractivity contribution in [2.45, 2.75) is 19.5 Å². The summed E-state index contributed by atoms with van der Waals surface area (Å²) in [5.74, 6) is 0. The average Bonchev–Trinajstić information content (AvgIpc) is 1.96. The minimum Gasteiger partial charge on any atom is -0.394 e. The fraction of sp³-hybridized carbons (Fsp3) is 0.429. The van der Waals surface area contributed by atoms with Crippen molar-refractivity contribution in [1.82, 2.24) is 0 Å². The Morgan fingerprint density at radius 2 is 1.85 bits per heavy atom. The van der Waals surface area contributed by atoms with Crippen LogP contribution in [-0.2, 0) is 0 Å². The molecule has 13 heavy (non-hydrogen) atoms. The number of rotatable bonds is 3. The smallest absolute Gasteiger partial charge is 0.394 e. The van der Waals surface area contributed by atoms with Gasteiger partial charge in [-0.15, -0.1) is 0 Å². The molecule has 0 bridgehead atoms. The Morgan fingerprint density at radius 1 is 1.38 bits per heavy atom. The number of allylic oxidation sites excluding steroid dienone is 2. The summed E-state index contributed by atoms with van der Waals surface area (Å²) in [6.45, 7) is 4.86. The number of alkyl halides is 3. The van der Waals surface area contributed by atoms with Gasteiger partial charge in [0.1, 0.15) is 5.70 Å². The van der Waals surface area contributed by atoms with Crippen molar-refractivity contribution in [1.29, 1.82) is 0 Å². The van der Waals surface area contributed by atoms with Gasteiger partial charge in [-0.2, -0.15) is 13.2 Å². The third-order valence-corrected chi connectivity index (χ3v) is 2.20. The van der Waals surface area contributed by atoms with E-state index in [1.54, 1.807) is 6.92 Å². The van der Waals surface area contributed by atoms with Gasteiger partial charge in [-0.3, -0.25) is 0 Å². The molecule has 0 aliphatic heterocycles. The highest BCUT2D eigenvalue weighted by molar-refractivity contribution is 8.06. The highest BCUT2D eigenvalue weighted by Gasteiger charge is 2.33. The first-order valence-corrected chi connectivity index (χ1v) is 4.28. The lowest BCUT2D eigenvalue weighted by Crippen LogP contribution is -2.21. The number of nitrogens with two attached hydrogens (primary N) is 2. The quantitative estimate of drug-likeness (QED) is 0.754. The van der Waals surface area contributed by atoms with Gasteiger partial charge in [-0.1, -0.05) is 25.3 Å². The van der Waals surface area contributed by atoms with Crippen LogP contribution in [0.15, 0.2) is 22.2 Å². The summed E-state index contributed by atoms with van der Waals surface area (Å²) >= 11 is 0.752. The molecule has 76 valence electrons. The molecule has 0 fully saturated rings. The molecule has 0 atom stereocenters. The van der Waals surface area contributed by atoms with E-state index in [1.807, 2.05) is 0 Å². The zero-order chi connectivity index (χ0) is 10.6. The third-order valence-electron chi connectivity index (χ3n) is 1.18. The largest absolute Gasteiger partial charge is 0.431 e. The zero-order valence-corrected chi connectivity index (χ0v) is 7.93. The lowest BCUT2D eigenvalue weighted by Gasteiger charge is -2.12. The van der Waals surface area contributed by atoms with Crippen LogP contribution >= 0.6 is 11.8 Å². The van der Waals surface area contributed by atoms with E-state index in [4.69, 9.17) is 11.5 Å². The monoisotopic (exact) mass is 212 g/mol. The van der Waals surface area contributed by atoms with Crippen molar-refractivity contribution in [3.63, 3.8) is 0 Å². The predicted molar refractivity (Wildman–Crippen MR) is 48.5 cm³/mol. The Balaban J connectivity index is 4.80. The van der Waals surface area contributed by atoms with Crippen molar-refractivity contribution >= 4 is 11.8 Å². The Morgan fingerprint density at radius 3 is 2.08 bits per heavy atom. The Kier molecular flexibility index (Phi) is 4.19. The number of thioether (sulfide) groups is 1. The zero-order valence-electron chi connectivity index (χ0n) is 7.11. The van der Waals surface area contributed by atoms with E-state index in [9.17, 15) is 13.2 Å². The Labute approximate surface area is 78.8 Å². The fourth-order valence-corrected chi connectivity index (χ4v) is 1.32. The van der Waals surface area contributed by atoms with E-state index in [2.05, 4.69) is 6.58 Å². The molecule has 0 saturated carbocycles. The number of halogens is 3. The van der Waals surface area contributed by atoms with Crippen LogP contribution in [0.3, 0.4) is 0 Å². The Bertz CT molecular complexity index is 232. The minimum atomic E-state index is -4.49. The van der Waals surface area contributed by atoms with Gasteiger partial charge in [0.15, 0.2) is 0 Å². The van der Waals surface area contributed by atoms with Crippen molar-refractivity contribution in [3.05, 3.63) is 22.2 Å². The highest BCUT2D eigenvalue weighted by Crippen LogP contribution is 2.32. The number of hydrogen-bond acceptors (Lipinski definition) is 3. The normalized spacial score (nSPS) is 13.8. The van der Waals surface area contributed by atoms with Gasteiger partial charge in [0.25, 0.3) is 0 Å². The van der Waals surface area contributed by atoms with E-state index >= 15 is 0 Å². The van der Waals surface area contributed by atoms with Gasteiger partial charge >= 0.3 is 6.18 Å². The summed E-state index contributed by atoms with van der Waals surface area (Å²) < 4.78 is 36.2. The van der Waals surface area contributed by atoms with E-state index in [0.717, 1.165) is 11.8 Å². The second-order valence-corrected chi connectivity index (χ2v) is 3.48. The first kappa shape index (κ1) is 12.2. The van der Waals surface area contributed by atoms with Gasteiger partial charge in [-0.05, 0) is 6.42 Å². The molecule has 0 saturated heterocycles. The molecule has 0 aliphatic carbocycles. The summed E-state index contributed by atoms with van der Waals surface area (Å²) in [7, 11) is 0. The lowest BCUT2D eigenvalue weighted by molar-refractivity contribution is -0.0931. The van der Waals surface area contributed by atoms with E-state index in [1.165, 1.54) is 0 Å². The maximum atomic E-state index is 12.1. The molecule has 6 heteroatoms. The van der Waals surface area contributed by atoms with Gasteiger partial charge in [0.05, 0.1) is 5.03 Å². The van der Waals surface area contributed by atoms with Crippen LogP contribution < -0.4 is 11.5 Å². The van der Waals surface area contributed by atoms with Gasteiger partial charge in [-0.25, -0.2) is 0 Å². The second kappa shape index (κ2) is 4.45. The number of hydrogen-bond donors (Lipinski definition) is 2. The molecule has 0 radical (unpaired) electrons. The van der Waals surface area contributed by atoms with Gasteiger partial charge in [0.2, 0.25) is 0 Å². The summed E-state index contributed by atoms with van der Waals surface area (Å²) in [5, 5.41) is 0.101. The topological polar surface area (TPSA) is 52.0 Å². The van der Waals surface area contributed by atoms with Gasteiger partial charge < -0.3 is 11.5 Å². The van der Waals surface area contributed by atoms with Gasteiger partial charge in [0, 0.05) is 4.91 Å². The molecule has 0 aromatic carbocycles. The first-order chi connectivity index (χ1) is 5.79. The molecular formula is C7H11F3N2S. The predicted octanol–water partition coefficient (Wildman–Crippen LogP) is 2.29. The molecule has 0 aromatic heterocycles. The lowest BCUT2D eigenvalue weighted by atomic mass is 10.3. The van der Waals surface area contributed by atoms with Crippen molar-refractivity contribution in [2.75, 3.05) is 0 Å². The maximum Gasteiger partial charge on any atom is 0.431 e. The molecule has 0 heterocycles. The standard InChI is InChI=1S/C7H11F3N2S/c1-3-5(13-4(2)11)6(12)7(8,9)10/h2-3,11-12H2,1H3/b6-5-. The second-order valence-electron chi connectivity index (χ2n) is 2.26. The van der Waals surface area contributed by atoms with E-state index in [-0.39, 0.29) is 16.4 Å². The van der Waals surface area contributed by atoms with E-state index < -0.39 is 11.9 Å². The summed E-state index contributed by atoms with van der Waals surface area (Å²) in [4.78, 5) is 0.000000000000000444. The molecule has 0 rings (SSSR count). The highest BCUT2D eigenvalue weighted by atomic mass is 32.2. The van der Waals surface area contributed by atoms with Crippen molar-refractivity contribution in [2.24, 2.45) is 11.5 Å². The SMILES string of the molecule is C=C(N)S/C(CC)=C(\N)C(F)(F)F. The molecule has 0 spiro atoms. The molecular weight excluding hydrogens is 201 g/mol. The summed E-state index contributed by atoms with van der Waals surface area (Å²) in [5.41, 5.74) is 8.96. The Hall–Kier alpha value is -0.780. The van der Waals surface area contributed by atoms with Crippen molar-refractivity contribution < 1.29 is 13.2 Å². The summed E-state index contributed by atoms with van der Waals surface area (Å²) in [6, 6.07) is 0. The van der Waals surface area contributed by atoms with Crippen LogP contribution in [0.5, 0.6) is 0 Å². The molecule has 0 aromatic rings. The maximum absolute atomic E-state index is 12.1. The van der Waals surface area contributed by atoms with Crippen LogP contribution in [0, 0.1) is 0 Å². The molecule has 4 N–H and O–H groups in total. The first-order valence-electron chi connectivity index (χ1n) is 3.47. The van der Waals surface area contributed by atoms with Crippen LogP contribution in [0.1, 0.15) is 13.3 Å².